The van der Waals surface area contributed by atoms with Crippen LogP contribution >= 0.6 is 0 Å². The Bertz CT molecular complexity index is 3200. The van der Waals surface area contributed by atoms with Crippen LogP contribution in [0.2, 0.25) is 0 Å². The molecule has 10 N–H and O–H groups in total. The summed E-state index contributed by atoms with van der Waals surface area (Å²) in [7, 11) is 0. The minimum absolute atomic E-state index is 0.0509. The summed E-state index contributed by atoms with van der Waals surface area (Å²) in [5, 5.41) is 31.9. The molecule has 0 heterocycles. The predicted molar refractivity (Wildman–Crippen MR) is 258 cm³/mol. The number of nitrogens with one attached hydrogen (secondary N) is 8. The van der Waals surface area contributed by atoms with E-state index in [1.807, 2.05) is 0 Å². The Morgan fingerprint density at radius 3 is 1.14 bits per heavy atom. The van der Waals surface area contributed by atoms with Gasteiger partial charge in [0, 0.05) is 44.4 Å². The van der Waals surface area contributed by atoms with Crippen LogP contribution in [0.25, 0.3) is 21.5 Å². The maximum Gasteiger partial charge on any atom is 0.416 e. The van der Waals surface area contributed by atoms with Crippen molar-refractivity contribution in [2.45, 2.75) is 12.4 Å². The fourth-order valence-electron chi connectivity index (χ4n) is 7.25. The van der Waals surface area contributed by atoms with E-state index < -0.39 is 47.4 Å². The Morgan fingerprint density at radius 2 is 0.764 bits per heavy atom. The molecule has 0 saturated carbocycles. The summed E-state index contributed by atoms with van der Waals surface area (Å²) in [6.45, 7) is 0. The number of carbonyl (C=O) groups excluding carboxylic acids is 5. The molecule has 8 rings (SSSR count). The zero-order chi connectivity index (χ0) is 51.3. The van der Waals surface area contributed by atoms with Gasteiger partial charge >= 0.3 is 24.4 Å². The average molecular weight is 987 g/mol. The van der Waals surface area contributed by atoms with Gasteiger partial charge in [-0.15, -0.1) is 0 Å². The number of phenolic OH excluding ortho intramolecular Hbond substituents is 2. The number of imide groups is 2. The maximum atomic E-state index is 13.4. The summed E-state index contributed by atoms with van der Waals surface area (Å²) in [6.07, 6.45) is -9.25. The van der Waals surface area contributed by atoms with E-state index in [1.54, 1.807) is 60.7 Å². The summed E-state index contributed by atoms with van der Waals surface area (Å²) in [5.41, 5.74) is 11.8. The predicted octanol–water partition coefficient (Wildman–Crippen LogP) is 11.5. The molecule has 15 nitrogen and oxygen atoms in total. The Balaban J connectivity index is 0.844. The van der Waals surface area contributed by atoms with E-state index in [0.29, 0.717) is 44.0 Å². The molecular weight excluding hydrogens is 951 g/mol. The van der Waals surface area contributed by atoms with Crippen LogP contribution in [-0.4, -0.2) is 39.9 Å². The van der Waals surface area contributed by atoms with Crippen molar-refractivity contribution in [2.75, 3.05) is 32.3 Å². The van der Waals surface area contributed by atoms with Gasteiger partial charge in [0.25, 0.3) is 11.8 Å². The number of phenols is 2. The molecule has 0 fully saturated rings. The van der Waals surface area contributed by atoms with Crippen molar-refractivity contribution in [2.24, 2.45) is 0 Å². The summed E-state index contributed by atoms with van der Waals surface area (Å²) in [6, 6.07) is 33.2. The highest BCUT2D eigenvalue weighted by Crippen LogP contribution is 2.36. The third-order valence-electron chi connectivity index (χ3n) is 10.8. The van der Waals surface area contributed by atoms with Gasteiger partial charge in [0.2, 0.25) is 0 Å². The second-order valence-electron chi connectivity index (χ2n) is 15.7. The molecule has 0 aromatic heterocycles. The molecule has 0 aliphatic heterocycles. The molecule has 8 aromatic carbocycles. The lowest BCUT2D eigenvalue weighted by Gasteiger charge is -2.15. The number of amides is 6. The molecule has 0 unspecified atom stereocenters. The van der Waals surface area contributed by atoms with E-state index >= 15 is 0 Å². The number of fused-ring (bicyclic) bond motifs is 2. The minimum Gasteiger partial charge on any atom is -0.506 e. The van der Waals surface area contributed by atoms with E-state index in [9.17, 15) is 60.5 Å². The van der Waals surface area contributed by atoms with Gasteiger partial charge in [0.15, 0.2) is 5.78 Å². The van der Waals surface area contributed by atoms with Crippen LogP contribution < -0.4 is 43.0 Å². The van der Waals surface area contributed by atoms with Crippen LogP contribution in [0.15, 0.2) is 158 Å². The van der Waals surface area contributed by atoms with E-state index in [-0.39, 0.29) is 51.2 Å². The number of urea groups is 2. The van der Waals surface area contributed by atoms with Gasteiger partial charge in [0.05, 0.1) is 22.5 Å². The zero-order valence-corrected chi connectivity index (χ0v) is 36.7. The van der Waals surface area contributed by atoms with Crippen molar-refractivity contribution in [3.05, 3.63) is 191 Å². The van der Waals surface area contributed by atoms with Crippen LogP contribution in [0, 0.1) is 0 Å². The first-order valence-electron chi connectivity index (χ1n) is 21.2. The maximum absolute atomic E-state index is 13.4. The quantitative estimate of drug-likeness (QED) is 0.0240. The van der Waals surface area contributed by atoms with Crippen LogP contribution in [-0.2, 0) is 12.4 Å². The monoisotopic (exact) mass is 986 g/mol. The van der Waals surface area contributed by atoms with E-state index in [4.69, 9.17) is 0 Å². The second kappa shape index (κ2) is 20.0. The van der Waals surface area contributed by atoms with Gasteiger partial charge in [-0.1, -0.05) is 36.4 Å². The standard InChI is InChI=1S/C51H36F6N8O7/c52-50(53,54)33-3-1-5-37(25-33)58-48(71)60-46(69)31-11-19-39-29(23-31)13-21-41(66)43(39)64-62-35-15-7-27(8-16-35)45(68)28-9-17-36(18-10-28)63-65-44-40-20-12-32(24-30(40)14-22-42(44)67)47(70)61-49(72)59-38-6-2-4-34(26-38)51(55,56)57/h1-26,62-67H,(H2,58,60,69,71)(H2,59,61,70,72). The Hall–Kier alpha value is -9.79. The summed E-state index contributed by atoms with van der Waals surface area (Å²) in [4.78, 5) is 64.0. The topological polar surface area (TPSA) is 222 Å². The fourth-order valence-corrected chi connectivity index (χ4v) is 7.25. The molecule has 0 aliphatic rings. The molecule has 0 spiro atoms. The molecule has 0 atom stereocenters. The molecule has 0 aliphatic carbocycles. The first-order valence-corrected chi connectivity index (χ1v) is 21.2. The molecule has 8 aromatic rings. The number of hydrogen-bond donors (Lipinski definition) is 10. The van der Waals surface area contributed by atoms with Gasteiger partial charge in [0.1, 0.15) is 22.9 Å². The average Bonchev–Trinajstić information content (AvgIpc) is 3.35. The molecule has 0 saturated heterocycles. The number of benzene rings is 8. The Kier molecular flexibility index (Phi) is 13.5. The smallest absolute Gasteiger partial charge is 0.416 e. The van der Waals surface area contributed by atoms with E-state index in [1.165, 1.54) is 60.7 Å². The minimum atomic E-state index is -4.63. The number of rotatable bonds is 12. The largest absolute Gasteiger partial charge is 0.506 e. The van der Waals surface area contributed by atoms with Crippen LogP contribution in [0.4, 0.5) is 70.1 Å². The summed E-state index contributed by atoms with van der Waals surface area (Å²) >= 11 is 0. The normalized spacial score (nSPS) is 11.3. The summed E-state index contributed by atoms with van der Waals surface area (Å²) in [5.74, 6) is -2.26. The number of carbonyl (C=O) groups is 5. The van der Waals surface area contributed by atoms with Crippen LogP contribution in [0.5, 0.6) is 11.5 Å². The number of anilines is 6. The molecular formula is C51H36F6N8O7. The third kappa shape index (κ3) is 11.4. The third-order valence-corrected chi connectivity index (χ3v) is 10.8. The van der Waals surface area contributed by atoms with Crippen LogP contribution in [0.1, 0.15) is 47.8 Å². The van der Waals surface area contributed by atoms with Gasteiger partial charge in [-0.05, 0) is 132 Å². The Morgan fingerprint density at radius 1 is 0.389 bits per heavy atom. The van der Waals surface area contributed by atoms with Crippen molar-refractivity contribution < 1.29 is 60.5 Å². The zero-order valence-electron chi connectivity index (χ0n) is 36.7. The number of halogens is 6. The van der Waals surface area contributed by atoms with Crippen LogP contribution in [0.3, 0.4) is 0 Å². The fraction of sp³-hybridized carbons (Fsp3) is 0.0392. The van der Waals surface area contributed by atoms with E-state index in [0.717, 1.165) is 36.4 Å². The van der Waals surface area contributed by atoms with Gasteiger partial charge in [-0.2, -0.15) is 26.3 Å². The first-order chi connectivity index (χ1) is 34.3. The molecule has 6 amide bonds. The first kappa shape index (κ1) is 48.7. The summed E-state index contributed by atoms with van der Waals surface area (Å²) < 4.78 is 78.4. The number of aromatic hydroxyl groups is 2. The SMILES string of the molecule is O=C(NC(=O)c1ccc2c(NNc3ccc(C(=O)c4ccc(NNc5c(O)ccc6cc(C(=O)NC(=O)Nc7cccc(C(F)(F)F)c7)ccc56)cc4)cc3)c(O)ccc2c1)Nc1cccc(C(F)(F)F)c1. The van der Waals surface area contributed by atoms with Crippen molar-refractivity contribution in [3.63, 3.8) is 0 Å². The van der Waals surface area contributed by atoms with Crippen molar-refractivity contribution in [1.82, 2.24) is 10.6 Å². The molecule has 21 heteroatoms. The number of ketones is 1. The Labute approximate surface area is 402 Å². The molecule has 0 radical (unpaired) electrons. The van der Waals surface area contributed by atoms with Crippen molar-refractivity contribution >= 4 is 85.3 Å². The highest BCUT2D eigenvalue weighted by atomic mass is 19.4. The van der Waals surface area contributed by atoms with Gasteiger partial charge in [-0.25, -0.2) is 9.59 Å². The lowest BCUT2D eigenvalue weighted by molar-refractivity contribution is -0.138. The molecule has 364 valence electrons. The number of hydrazine groups is 2. The highest BCUT2D eigenvalue weighted by molar-refractivity contribution is 6.12. The highest BCUT2D eigenvalue weighted by Gasteiger charge is 2.31. The lowest BCUT2D eigenvalue weighted by Crippen LogP contribution is -2.34. The number of hydrogen-bond acceptors (Lipinski definition) is 11. The lowest BCUT2D eigenvalue weighted by atomic mass is 10.0. The van der Waals surface area contributed by atoms with Crippen molar-refractivity contribution in [3.8, 4) is 11.5 Å². The second-order valence-corrected chi connectivity index (χ2v) is 15.7. The molecule has 72 heavy (non-hydrogen) atoms. The number of alkyl halides is 6. The van der Waals surface area contributed by atoms with Gasteiger partial charge < -0.3 is 31.7 Å². The van der Waals surface area contributed by atoms with Crippen molar-refractivity contribution in [1.29, 1.82) is 0 Å². The van der Waals surface area contributed by atoms with E-state index in [2.05, 4.69) is 43.0 Å². The van der Waals surface area contributed by atoms with Gasteiger partial charge in [-0.3, -0.25) is 35.9 Å². The molecule has 0 bridgehead atoms.